The zero-order valence-electron chi connectivity index (χ0n) is 17.4. The Balaban J connectivity index is 1.92. The average molecular weight is 406 g/mol. The van der Waals surface area contributed by atoms with Gasteiger partial charge < -0.3 is 15.8 Å². The molecule has 0 bridgehead atoms. The summed E-state index contributed by atoms with van der Waals surface area (Å²) < 4.78 is 6.96. The number of carbonyl (C=O) groups is 2. The van der Waals surface area contributed by atoms with Crippen molar-refractivity contribution in [2.75, 3.05) is 13.7 Å². The number of nitrogens with two attached hydrogens (primary N) is 1. The fourth-order valence-electron chi connectivity index (χ4n) is 2.88. The number of ether oxygens (including phenoxy) is 1. The number of hydrogen-bond acceptors (Lipinski definition) is 4. The van der Waals surface area contributed by atoms with Crippen molar-refractivity contribution in [1.82, 2.24) is 15.1 Å². The monoisotopic (exact) mass is 406 g/mol. The molecule has 0 saturated carbocycles. The zero-order valence-corrected chi connectivity index (χ0v) is 17.4. The molecule has 7 heteroatoms. The van der Waals surface area contributed by atoms with Gasteiger partial charge in [0.25, 0.3) is 5.91 Å². The van der Waals surface area contributed by atoms with Crippen LogP contribution in [-0.2, 0) is 11.3 Å². The molecule has 3 rings (SSSR count). The summed E-state index contributed by atoms with van der Waals surface area (Å²) in [5.41, 5.74) is 7.41. The number of carbonyl (C=O) groups excluding carboxylic acids is 2. The number of amides is 2. The maximum absolute atomic E-state index is 13.0. The summed E-state index contributed by atoms with van der Waals surface area (Å²) in [6, 6.07) is 17.2. The second kappa shape index (κ2) is 8.82. The van der Waals surface area contributed by atoms with Crippen LogP contribution in [0.25, 0.3) is 11.3 Å². The topological polar surface area (TPSA) is 99.2 Å². The standard InChI is InChI=1S/C23H26N4O3/c1-23(2,22(24)29)15-25-21(28)19-14-27(13-16-7-5-4-6-8-16)26-20(19)17-9-11-18(30-3)12-10-17/h4-12,14H,13,15H2,1-3H3,(H2,24,29)(H,25,28). The Labute approximate surface area is 175 Å². The fourth-order valence-corrected chi connectivity index (χ4v) is 2.88. The molecule has 7 nitrogen and oxygen atoms in total. The second-order valence-corrected chi connectivity index (χ2v) is 7.73. The molecule has 0 unspecified atom stereocenters. The molecule has 3 N–H and O–H groups in total. The van der Waals surface area contributed by atoms with Crippen LogP contribution in [0.2, 0.25) is 0 Å². The van der Waals surface area contributed by atoms with Gasteiger partial charge in [0.1, 0.15) is 11.4 Å². The third-order valence-electron chi connectivity index (χ3n) is 4.92. The van der Waals surface area contributed by atoms with Crippen molar-refractivity contribution in [3.05, 3.63) is 71.9 Å². The van der Waals surface area contributed by atoms with Gasteiger partial charge in [-0.2, -0.15) is 5.10 Å². The van der Waals surface area contributed by atoms with Crippen molar-refractivity contribution in [2.45, 2.75) is 20.4 Å². The largest absolute Gasteiger partial charge is 0.497 e. The lowest BCUT2D eigenvalue weighted by Gasteiger charge is -2.20. The first-order valence-electron chi connectivity index (χ1n) is 9.64. The normalized spacial score (nSPS) is 11.2. The Morgan fingerprint density at radius 2 is 1.77 bits per heavy atom. The van der Waals surface area contributed by atoms with E-state index < -0.39 is 11.3 Å². The summed E-state index contributed by atoms with van der Waals surface area (Å²) in [5, 5.41) is 7.47. The van der Waals surface area contributed by atoms with Crippen molar-refractivity contribution in [3.63, 3.8) is 0 Å². The van der Waals surface area contributed by atoms with E-state index in [1.54, 1.807) is 31.8 Å². The summed E-state index contributed by atoms with van der Waals surface area (Å²) in [5.74, 6) is -0.0657. The quantitative estimate of drug-likeness (QED) is 0.601. The highest BCUT2D eigenvalue weighted by Gasteiger charge is 2.27. The van der Waals surface area contributed by atoms with Crippen LogP contribution in [0.1, 0.15) is 29.8 Å². The van der Waals surface area contributed by atoms with E-state index >= 15 is 0 Å². The van der Waals surface area contributed by atoms with E-state index in [2.05, 4.69) is 10.4 Å². The van der Waals surface area contributed by atoms with E-state index in [-0.39, 0.29) is 12.5 Å². The van der Waals surface area contributed by atoms with Crippen molar-refractivity contribution in [1.29, 1.82) is 0 Å². The lowest BCUT2D eigenvalue weighted by molar-refractivity contribution is -0.125. The van der Waals surface area contributed by atoms with Gasteiger partial charge in [0, 0.05) is 18.3 Å². The summed E-state index contributed by atoms with van der Waals surface area (Å²) in [6.45, 7) is 4.05. The molecule has 0 spiro atoms. The van der Waals surface area contributed by atoms with Crippen LogP contribution in [0, 0.1) is 5.41 Å². The minimum Gasteiger partial charge on any atom is -0.497 e. The van der Waals surface area contributed by atoms with Crippen molar-refractivity contribution in [2.24, 2.45) is 11.1 Å². The van der Waals surface area contributed by atoms with Crippen molar-refractivity contribution in [3.8, 4) is 17.0 Å². The Hall–Kier alpha value is -3.61. The molecule has 0 radical (unpaired) electrons. The fraction of sp³-hybridized carbons (Fsp3) is 0.261. The van der Waals surface area contributed by atoms with E-state index in [0.29, 0.717) is 17.8 Å². The van der Waals surface area contributed by atoms with Gasteiger partial charge in [-0.15, -0.1) is 0 Å². The predicted molar refractivity (Wildman–Crippen MR) is 115 cm³/mol. The van der Waals surface area contributed by atoms with Gasteiger partial charge in [-0.3, -0.25) is 14.3 Å². The lowest BCUT2D eigenvalue weighted by atomic mass is 9.92. The molecule has 0 saturated heterocycles. The number of methoxy groups -OCH3 is 1. The van der Waals surface area contributed by atoms with Crippen LogP contribution < -0.4 is 15.8 Å². The molecule has 0 fully saturated rings. The SMILES string of the molecule is COc1ccc(-c2nn(Cc3ccccc3)cc2C(=O)NCC(C)(C)C(N)=O)cc1. The first-order chi connectivity index (χ1) is 14.3. The van der Waals surface area contributed by atoms with Gasteiger partial charge in [-0.1, -0.05) is 30.3 Å². The van der Waals surface area contributed by atoms with Crippen LogP contribution in [0.5, 0.6) is 5.75 Å². The van der Waals surface area contributed by atoms with Crippen molar-refractivity contribution >= 4 is 11.8 Å². The average Bonchev–Trinajstić information content (AvgIpc) is 3.16. The molecule has 0 atom stereocenters. The molecule has 0 aliphatic heterocycles. The van der Waals surface area contributed by atoms with Crippen LogP contribution in [0.4, 0.5) is 0 Å². The number of nitrogens with one attached hydrogen (secondary N) is 1. The Morgan fingerprint density at radius 1 is 1.10 bits per heavy atom. The predicted octanol–water partition coefficient (Wildman–Crippen LogP) is 2.85. The first kappa shape index (κ1) is 21.1. The van der Waals surface area contributed by atoms with Crippen LogP contribution >= 0.6 is 0 Å². The molecule has 0 aliphatic rings. The highest BCUT2D eigenvalue weighted by Crippen LogP contribution is 2.25. The molecular weight excluding hydrogens is 380 g/mol. The lowest BCUT2D eigenvalue weighted by Crippen LogP contribution is -2.42. The highest BCUT2D eigenvalue weighted by molar-refractivity contribution is 6.00. The Kier molecular flexibility index (Phi) is 6.20. The van der Waals surface area contributed by atoms with Crippen LogP contribution in [0.15, 0.2) is 60.8 Å². The number of benzene rings is 2. The van der Waals surface area contributed by atoms with Gasteiger partial charge in [0.15, 0.2) is 0 Å². The Bertz CT molecular complexity index is 1020. The third-order valence-corrected chi connectivity index (χ3v) is 4.92. The van der Waals surface area contributed by atoms with E-state index in [4.69, 9.17) is 10.5 Å². The molecular formula is C23H26N4O3. The minimum atomic E-state index is -0.851. The maximum atomic E-state index is 13.0. The van der Waals surface area contributed by atoms with Gasteiger partial charge in [0.05, 0.1) is 24.6 Å². The number of hydrogen-bond donors (Lipinski definition) is 2. The molecule has 2 amide bonds. The Morgan fingerprint density at radius 3 is 2.37 bits per heavy atom. The smallest absolute Gasteiger partial charge is 0.255 e. The van der Waals surface area contributed by atoms with Gasteiger partial charge in [0.2, 0.25) is 5.91 Å². The second-order valence-electron chi connectivity index (χ2n) is 7.73. The molecule has 1 aromatic heterocycles. The number of rotatable bonds is 8. The summed E-state index contributed by atoms with van der Waals surface area (Å²) >= 11 is 0. The van der Waals surface area contributed by atoms with Crippen LogP contribution in [-0.4, -0.2) is 35.2 Å². The van der Waals surface area contributed by atoms with Crippen LogP contribution in [0.3, 0.4) is 0 Å². The first-order valence-corrected chi connectivity index (χ1v) is 9.64. The molecule has 2 aromatic carbocycles. The van der Waals surface area contributed by atoms with Crippen molar-refractivity contribution < 1.29 is 14.3 Å². The summed E-state index contributed by atoms with van der Waals surface area (Å²) in [4.78, 5) is 24.5. The minimum absolute atomic E-state index is 0.132. The van der Waals surface area contributed by atoms with Gasteiger partial charge in [-0.25, -0.2) is 0 Å². The summed E-state index contributed by atoms with van der Waals surface area (Å²) in [7, 11) is 1.60. The zero-order chi connectivity index (χ0) is 21.7. The van der Waals surface area contributed by atoms with Gasteiger partial charge >= 0.3 is 0 Å². The number of primary amides is 1. The van der Waals surface area contributed by atoms with E-state index in [1.807, 2.05) is 54.6 Å². The van der Waals surface area contributed by atoms with E-state index in [0.717, 1.165) is 16.9 Å². The molecule has 1 heterocycles. The summed E-state index contributed by atoms with van der Waals surface area (Å²) in [6.07, 6.45) is 1.72. The highest BCUT2D eigenvalue weighted by atomic mass is 16.5. The van der Waals surface area contributed by atoms with Gasteiger partial charge in [-0.05, 0) is 43.7 Å². The maximum Gasteiger partial charge on any atom is 0.255 e. The molecule has 0 aliphatic carbocycles. The van der Waals surface area contributed by atoms with E-state index in [1.165, 1.54) is 0 Å². The molecule has 3 aromatic rings. The number of nitrogens with zero attached hydrogens (tertiary/aromatic N) is 2. The third kappa shape index (κ3) is 4.86. The molecule has 156 valence electrons. The molecule has 30 heavy (non-hydrogen) atoms. The number of aromatic nitrogens is 2. The van der Waals surface area contributed by atoms with E-state index in [9.17, 15) is 9.59 Å².